The second kappa shape index (κ2) is 6.53. The number of methoxy groups -OCH3 is 1. The largest absolute Gasteiger partial charge is 0.469 e. The first-order valence-corrected chi connectivity index (χ1v) is 6.85. The van der Waals surface area contributed by atoms with E-state index in [1.807, 2.05) is 0 Å². The molecule has 2 unspecified atom stereocenters. The molecule has 0 aromatic carbocycles. The van der Waals surface area contributed by atoms with Crippen molar-refractivity contribution in [2.75, 3.05) is 26.7 Å². The Morgan fingerprint density at radius 2 is 2.06 bits per heavy atom. The van der Waals surface area contributed by atoms with E-state index in [4.69, 9.17) is 5.73 Å². The number of nitrogens with two attached hydrogens (primary N) is 1. The molecule has 106 valence electrons. The number of piperidine rings is 1. The van der Waals surface area contributed by atoms with Crippen LogP contribution >= 0.6 is 0 Å². The molecule has 0 spiro atoms. The van der Waals surface area contributed by atoms with Crippen molar-refractivity contribution in [3.63, 3.8) is 0 Å². The highest BCUT2D eigenvalue weighted by atomic mass is 16.5. The summed E-state index contributed by atoms with van der Waals surface area (Å²) < 4.78 is 4.68. The quantitative estimate of drug-likeness (QED) is 0.777. The van der Waals surface area contributed by atoms with Gasteiger partial charge >= 0.3 is 5.97 Å². The molecule has 0 saturated carbocycles. The Morgan fingerprint density at radius 3 is 2.61 bits per heavy atom. The van der Waals surface area contributed by atoms with Gasteiger partial charge in [0.1, 0.15) is 0 Å². The number of hydrogen-bond acceptors (Lipinski definition) is 4. The lowest BCUT2D eigenvalue weighted by atomic mass is 9.80. The van der Waals surface area contributed by atoms with Crippen molar-refractivity contribution in [1.29, 1.82) is 0 Å². The highest BCUT2D eigenvalue weighted by Gasteiger charge is 2.28. The van der Waals surface area contributed by atoms with Gasteiger partial charge in [-0.1, -0.05) is 20.8 Å². The van der Waals surface area contributed by atoms with Crippen LogP contribution in [0.5, 0.6) is 0 Å². The van der Waals surface area contributed by atoms with Gasteiger partial charge in [0.25, 0.3) is 0 Å². The zero-order chi connectivity index (χ0) is 13.8. The highest BCUT2D eigenvalue weighted by molar-refractivity contribution is 5.69. The molecule has 1 rings (SSSR count). The fraction of sp³-hybridized carbons (Fsp3) is 0.929. The van der Waals surface area contributed by atoms with Crippen LogP contribution in [0.3, 0.4) is 0 Å². The molecule has 1 heterocycles. The number of rotatable bonds is 4. The summed E-state index contributed by atoms with van der Waals surface area (Å²) in [6.07, 6.45) is 2.76. The summed E-state index contributed by atoms with van der Waals surface area (Å²) in [5.74, 6) is 0.507. The minimum atomic E-state index is -0.137. The van der Waals surface area contributed by atoms with Crippen molar-refractivity contribution in [2.45, 2.75) is 46.1 Å². The SMILES string of the molecule is COC(=O)CCN1CC(N)CC(CC(C)(C)C)C1. The topological polar surface area (TPSA) is 55.6 Å². The van der Waals surface area contributed by atoms with Gasteiger partial charge in [0.2, 0.25) is 0 Å². The summed E-state index contributed by atoms with van der Waals surface area (Å²) in [5.41, 5.74) is 6.46. The Labute approximate surface area is 111 Å². The van der Waals surface area contributed by atoms with E-state index >= 15 is 0 Å². The van der Waals surface area contributed by atoms with Crippen molar-refractivity contribution in [3.05, 3.63) is 0 Å². The lowest BCUT2D eigenvalue weighted by molar-refractivity contribution is -0.141. The molecular formula is C14H28N2O2. The summed E-state index contributed by atoms with van der Waals surface area (Å²) >= 11 is 0. The fourth-order valence-corrected chi connectivity index (χ4v) is 2.90. The number of ether oxygens (including phenoxy) is 1. The van der Waals surface area contributed by atoms with Crippen molar-refractivity contribution in [3.8, 4) is 0 Å². The van der Waals surface area contributed by atoms with E-state index in [1.54, 1.807) is 0 Å². The normalized spacial score (nSPS) is 26.1. The molecule has 1 saturated heterocycles. The van der Waals surface area contributed by atoms with E-state index in [0.29, 0.717) is 17.8 Å². The first-order chi connectivity index (χ1) is 8.30. The van der Waals surface area contributed by atoms with Crippen LogP contribution in [0.4, 0.5) is 0 Å². The molecule has 0 radical (unpaired) electrons. The summed E-state index contributed by atoms with van der Waals surface area (Å²) in [4.78, 5) is 13.5. The second-order valence-corrected chi connectivity index (χ2v) is 6.71. The smallest absolute Gasteiger partial charge is 0.306 e. The number of carbonyl (C=O) groups excluding carboxylic acids is 1. The molecular weight excluding hydrogens is 228 g/mol. The maximum Gasteiger partial charge on any atom is 0.306 e. The first kappa shape index (κ1) is 15.4. The standard InChI is InChI=1S/C14H28N2O2/c1-14(2,3)8-11-7-12(15)10-16(9-11)6-5-13(17)18-4/h11-12H,5-10,15H2,1-4H3. The van der Waals surface area contributed by atoms with Crippen LogP contribution in [-0.4, -0.2) is 43.7 Å². The molecule has 0 amide bonds. The van der Waals surface area contributed by atoms with Gasteiger partial charge in [-0.3, -0.25) is 4.79 Å². The maximum atomic E-state index is 11.2. The third-order valence-corrected chi connectivity index (χ3v) is 3.41. The Hall–Kier alpha value is -0.610. The van der Waals surface area contributed by atoms with Crippen LogP contribution in [0.2, 0.25) is 0 Å². The predicted octanol–water partition coefficient (Wildman–Crippen LogP) is 1.63. The van der Waals surface area contributed by atoms with Gasteiger partial charge in [0.05, 0.1) is 13.5 Å². The van der Waals surface area contributed by atoms with Crippen molar-refractivity contribution in [2.24, 2.45) is 17.1 Å². The number of esters is 1. The highest BCUT2D eigenvalue weighted by Crippen LogP contribution is 2.29. The molecule has 0 bridgehead atoms. The van der Waals surface area contributed by atoms with Gasteiger partial charge in [-0.15, -0.1) is 0 Å². The van der Waals surface area contributed by atoms with Crippen LogP contribution in [0.15, 0.2) is 0 Å². The maximum absolute atomic E-state index is 11.2. The van der Waals surface area contributed by atoms with Crippen LogP contribution in [-0.2, 0) is 9.53 Å². The van der Waals surface area contributed by atoms with Gasteiger partial charge in [-0.2, -0.15) is 0 Å². The predicted molar refractivity (Wildman–Crippen MR) is 73.2 cm³/mol. The molecule has 18 heavy (non-hydrogen) atoms. The lowest BCUT2D eigenvalue weighted by Gasteiger charge is -2.38. The summed E-state index contributed by atoms with van der Waals surface area (Å²) in [6, 6.07) is 0.240. The van der Waals surface area contributed by atoms with E-state index in [2.05, 4.69) is 30.4 Å². The average Bonchev–Trinajstić information content (AvgIpc) is 2.22. The zero-order valence-electron chi connectivity index (χ0n) is 12.2. The van der Waals surface area contributed by atoms with Crippen molar-refractivity contribution >= 4 is 5.97 Å². The van der Waals surface area contributed by atoms with Crippen LogP contribution < -0.4 is 5.73 Å². The third kappa shape index (κ3) is 5.83. The summed E-state index contributed by atoms with van der Waals surface area (Å²) in [6.45, 7) is 9.53. The van der Waals surface area contributed by atoms with E-state index < -0.39 is 0 Å². The molecule has 4 nitrogen and oxygen atoms in total. The van der Waals surface area contributed by atoms with E-state index in [9.17, 15) is 4.79 Å². The molecule has 0 aliphatic carbocycles. The Kier molecular flexibility index (Phi) is 5.60. The molecule has 0 aromatic rings. The number of nitrogens with zero attached hydrogens (tertiary/aromatic N) is 1. The van der Waals surface area contributed by atoms with Gasteiger partial charge in [0.15, 0.2) is 0 Å². The molecule has 1 aliphatic rings. The number of likely N-dealkylation sites (tertiary alicyclic amines) is 1. The molecule has 4 heteroatoms. The molecule has 2 atom stereocenters. The zero-order valence-corrected chi connectivity index (χ0v) is 12.2. The van der Waals surface area contributed by atoms with Gasteiger partial charge in [-0.25, -0.2) is 0 Å². The molecule has 0 aromatic heterocycles. The Bertz CT molecular complexity index is 273. The van der Waals surface area contributed by atoms with Gasteiger partial charge < -0.3 is 15.4 Å². The minimum absolute atomic E-state index is 0.137. The van der Waals surface area contributed by atoms with Crippen LogP contribution in [0.25, 0.3) is 0 Å². The Balaban J connectivity index is 2.43. The fourth-order valence-electron chi connectivity index (χ4n) is 2.90. The van der Waals surface area contributed by atoms with E-state index in [0.717, 1.165) is 26.1 Å². The van der Waals surface area contributed by atoms with E-state index in [-0.39, 0.29) is 12.0 Å². The molecule has 1 aliphatic heterocycles. The van der Waals surface area contributed by atoms with E-state index in [1.165, 1.54) is 13.5 Å². The third-order valence-electron chi connectivity index (χ3n) is 3.41. The van der Waals surface area contributed by atoms with Crippen molar-refractivity contribution < 1.29 is 9.53 Å². The number of carbonyl (C=O) groups is 1. The average molecular weight is 256 g/mol. The number of hydrogen-bond donors (Lipinski definition) is 1. The van der Waals surface area contributed by atoms with Crippen molar-refractivity contribution in [1.82, 2.24) is 4.90 Å². The minimum Gasteiger partial charge on any atom is -0.469 e. The Morgan fingerprint density at radius 1 is 1.39 bits per heavy atom. The molecule has 2 N–H and O–H groups in total. The summed E-state index contributed by atoms with van der Waals surface area (Å²) in [5, 5.41) is 0. The second-order valence-electron chi connectivity index (χ2n) is 6.71. The monoisotopic (exact) mass is 256 g/mol. The summed E-state index contributed by atoms with van der Waals surface area (Å²) in [7, 11) is 1.44. The first-order valence-electron chi connectivity index (χ1n) is 6.85. The molecule has 1 fully saturated rings. The van der Waals surface area contributed by atoms with Crippen LogP contribution in [0, 0.1) is 11.3 Å². The lowest BCUT2D eigenvalue weighted by Crippen LogP contribution is -2.48. The van der Waals surface area contributed by atoms with Crippen LogP contribution in [0.1, 0.15) is 40.0 Å². The van der Waals surface area contributed by atoms with Gasteiger partial charge in [-0.05, 0) is 24.2 Å². The van der Waals surface area contributed by atoms with Gasteiger partial charge in [0, 0.05) is 25.7 Å².